The van der Waals surface area contributed by atoms with Crippen molar-refractivity contribution in [3.8, 4) is 5.75 Å². The lowest BCUT2D eigenvalue weighted by atomic mass is 9.62. The van der Waals surface area contributed by atoms with E-state index >= 15 is 0 Å². The Labute approximate surface area is 280 Å². The third kappa shape index (κ3) is 5.09. The van der Waals surface area contributed by atoms with Gasteiger partial charge >= 0.3 is 0 Å². The number of likely N-dealkylation sites (tertiary alicyclic amines) is 1. The van der Waals surface area contributed by atoms with Crippen molar-refractivity contribution >= 4 is 34.4 Å². The molecule has 254 valence electrons. The highest BCUT2D eigenvalue weighted by Crippen LogP contribution is 2.66. The maximum atomic E-state index is 14.9. The van der Waals surface area contributed by atoms with Gasteiger partial charge in [0.15, 0.2) is 0 Å². The number of hydrogen-bond acceptors (Lipinski definition) is 8. The Morgan fingerprint density at radius 1 is 1.15 bits per heavy atom. The second-order valence-electron chi connectivity index (χ2n) is 13.2. The van der Waals surface area contributed by atoms with Crippen LogP contribution in [0.25, 0.3) is 11.0 Å². The van der Waals surface area contributed by atoms with E-state index in [1.807, 2.05) is 57.2 Å². The average molecular weight is 657 g/mol. The highest BCUT2D eigenvalue weighted by atomic mass is 16.5. The summed E-state index contributed by atoms with van der Waals surface area (Å²) in [6, 6.07) is 12.9. The predicted molar refractivity (Wildman–Crippen MR) is 180 cm³/mol. The number of aliphatic hydroxyl groups is 1. The van der Waals surface area contributed by atoms with Crippen molar-refractivity contribution < 1.29 is 29.0 Å². The fraction of sp³-hybridized carbons (Fsp3) is 0.472. The van der Waals surface area contributed by atoms with Crippen molar-refractivity contribution in [1.82, 2.24) is 24.8 Å². The largest absolute Gasteiger partial charge is 0.494 e. The van der Waals surface area contributed by atoms with E-state index < -0.39 is 35.1 Å². The Balaban J connectivity index is 1.41. The minimum Gasteiger partial charge on any atom is -0.494 e. The number of rotatable bonds is 13. The van der Waals surface area contributed by atoms with Crippen LogP contribution in [0.15, 0.2) is 73.8 Å². The maximum absolute atomic E-state index is 14.9. The second kappa shape index (κ2) is 12.8. The van der Waals surface area contributed by atoms with Gasteiger partial charge in [0.25, 0.3) is 0 Å². The SMILES string of the molecule is C=CCN(Cn1nnc2ccccc21)C(=O)C1N([C@H](C)CO)C(=O)[C@@H]2[C@H](C(=O)N(CC=C)c3ccc(OCC)cc3)[C@@]3(C)OC12CC3C. The number of aromatic nitrogens is 3. The van der Waals surface area contributed by atoms with Crippen LogP contribution in [-0.2, 0) is 25.8 Å². The lowest BCUT2D eigenvalue weighted by molar-refractivity contribution is -0.156. The Morgan fingerprint density at radius 3 is 2.52 bits per heavy atom. The van der Waals surface area contributed by atoms with Gasteiger partial charge in [0.2, 0.25) is 17.7 Å². The van der Waals surface area contributed by atoms with Gasteiger partial charge in [-0.1, -0.05) is 36.4 Å². The van der Waals surface area contributed by atoms with Gasteiger partial charge in [-0.05, 0) is 69.5 Å². The molecule has 2 bridgehead atoms. The number of para-hydroxylation sites is 1. The Kier molecular flexibility index (Phi) is 8.90. The Bertz CT molecular complexity index is 1720. The van der Waals surface area contributed by atoms with E-state index in [-0.39, 0.29) is 50.0 Å². The summed E-state index contributed by atoms with van der Waals surface area (Å²) >= 11 is 0. The van der Waals surface area contributed by atoms with Gasteiger partial charge < -0.3 is 29.3 Å². The van der Waals surface area contributed by atoms with Crippen LogP contribution < -0.4 is 9.64 Å². The summed E-state index contributed by atoms with van der Waals surface area (Å²) in [5.74, 6) is -2.34. The lowest BCUT2D eigenvalue weighted by Crippen LogP contribution is -2.58. The van der Waals surface area contributed by atoms with Crippen LogP contribution in [0.1, 0.15) is 34.1 Å². The number of fused-ring (bicyclic) bond motifs is 2. The van der Waals surface area contributed by atoms with Gasteiger partial charge in [-0.15, -0.1) is 18.3 Å². The first-order chi connectivity index (χ1) is 23.1. The molecule has 3 saturated heterocycles. The number of aliphatic hydroxyl groups excluding tert-OH is 1. The summed E-state index contributed by atoms with van der Waals surface area (Å²) in [4.78, 5) is 49.0. The van der Waals surface area contributed by atoms with Gasteiger partial charge in [0.1, 0.15) is 29.6 Å². The van der Waals surface area contributed by atoms with Crippen molar-refractivity contribution in [1.29, 1.82) is 0 Å². The Morgan fingerprint density at radius 2 is 1.85 bits per heavy atom. The molecular formula is C36H44N6O6. The van der Waals surface area contributed by atoms with Gasteiger partial charge in [-0.3, -0.25) is 14.4 Å². The van der Waals surface area contributed by atoms with E-state index in [0.29, 0.717) is 30.0 Å². The van der Waals surface area contributed by atoms with Crippen molar-refractivity contribution in [2.45, 2.75) is 64.1 Å². The standard InChI is InChI=1S/C36H44N6O6/c1-7-18-39(22-41-28-13-11-10-12-27(28)37-38-41)34(46)31-36-20-23(4)35(6,48-36)29(30(36)33(45)42(31)24(5)21-43)32(44)40(19-8-2)25-14-16-26(17-15-25)47-9-3/h7-8,10-17,23-24,29-31,43H,1-2,9,18-22H2,3-6H3/t23?,24-,29-,30+,31?,35+,36?/m1/s1. The van der Waals surface area contributed by atoms with Gasteiger partial charge in [-0.25, -0.2) is 4.68 Å². The number of carbonyl (C=O) groups excluding carboxylic acids is 3. The number of benzene rings is 2. The number of anilines is 1. The summed E-state index contributed by atoms with van der Waals surface area (Å²) in [5.41, 5.74) is -0.256. The lowest BCUT2D eigenvalue weighted by Gasteiger charge is -2.39. The fourth-order valence-corrected chi connectivity index (χ4v) is 8.13. The molecule has 3 aliphatic rings. The summed E-state index contributed by atoms with van der Waals surface area (Å²) in [5, 5.41) is 18.9. The molecule has 0 radical (unpaired) electrons. The van der Waals surface area contributed by atoms with Gasteiger partial charge in [0.05, 0.1) is 42.2 Å². The first-order valence-electron chi connectivity index (χ1n) is 16.5. The number of ether oxygens (including phenoxy) is 2. The van der Waals surface area contributed by atoms with E-state index in [9.17, 15) is 19.5 Å². The Hall–Kier alpha value is -4.55. The van der Waals surface area contributed by atoms with Crippen LogP contribution in [0.2, 0.25) is 0 Å². The quantitative estimate of drug-likeness (QED) is 0.277. The molecule has 3 fully saturated rings. The van der Waals surface area contributed by atoms with Gasteiger partial charge in [0, 0.05) is 18.8 Å². The van der Waals surface area contributed by atoms with Crippen LogP contribution in [0.5, 0.6) is 5.75 Å². The van der Waals surface area contributed by atoms with E-state index in [1.165, 1.54) is 4.90 Å². The minimum atomic E-state index is -1.30. The molecule has 3 amide bonds. The first kappa shape index (κ1) is 33.4. The van der Waals surface area contributed by atoms with Crippen LogP contribution in [0.3, 0.4) is 0 Å². The van der Waals surface area contributed by atoms with Crippen molar-refractivity contribution in [3.63, 3.8) is 0 Å². The molecule has 3 aromatic rings. The number of amides is 3. The third-order valence-corrected chi connectivity index (χ3v) is 10.4. The third-order valence-electron chi connectivity index (χ3n) is 10.4. The summed E-state index contributed by atoms with van der Waals surface area (Å²) < 4.78 is 14.2. The molecule has 7 atom stereocenters. The molecule has 1 spiro atoms. The normalized spacial score (nSPS) is 27.9. The van der Waals surface area contributed by atoms with Crippen LogP contribution in [-0.4, -0.2) is 97.2 Å². The zero-order valence-corrected chi connectivity index (χ0v) is 28.0. The monoisotopic (exact) mass is 656 g/mol. The highest BCUT2D eigenvalue weighted by molar-refractivity contribution is 6.03. The maximum Gasteiger partial charge on any atom is 0.250 e. The molecule has 2 aromatic carbocycles. The van der Waals surface area contributed by atoms with Crippen LogP contribution >= 0.6 is 0 Å². The van der Waals surface area contributed by atoms with E-state index in [2.05, 4.69) is 23.5 Å². The highest BCUT2D eigenvalue weighted by Gasteiger charge is 2.80. The number of carbonyl (C=O) groups is 3. The minimum absolute atomic E-state index is 0.0538. The summed E-state index contributed by atoms with van der Waals surface area (Å²) in [7, 11) is 0. The predicted octanol–water partition coefficient (Wildman–Crippen LogP) is 3.41. The summed E-state index contributed by atoms with van der Waals surface area (Å²) in [6.45, 7) is 15.8. The zero-order chi connectivity index (χ0) is 34.4. The van der Waals surface area contributed by atoms with Crippen molar-refractivity contribution in [2.75, 3.05) is 31.2 Å². The second-order valence-corrected chi connectivity index (χ2v) is 13.2. The smallest absolute Gasteiger partial charge is 0.250 e. The van der Waals surface area contributed by atoms with Crippen molar-refractivity contribution in [2.24, 2.45) is 17.8 Å². The molecule has 6 rings (SSSR count). The molecular weight excluding hydrogens is 612 g/mol. The van der Waals surface area contributed by atoms with E-state index in [1.54, 1.807) is 45.7 Å². The summed E-state index contributed by atoms with van der Waals surface area (Å²) in [6.07, 6.45) is 3.66. The van der Waals surface area contributed by atoms with E-state index in [0.717, 1.165) is 5.52 Å². The number of hydrogen-bond donors (Lipinski definition) is 1. The molecule has 12 nitrogen and oxygen atoms in total. The van der Waals surface area contributed by atoms with Crippen LogP contribution in [0, 0.1) is 17.8 Å². The first-order valence-corrected chi connectivity index (χ1v) is 16.5. The average Bonchev–Trinajstić information content (AvgIpc) is 3.76. The molecule has 48 heavy (non-hydrogen) atoms. The number of nitrogens with zero attached hydrogens (tertiary/aromatic N) is 6. The topological polar surface area (TPSA) is 130 Å². The molecule has 1 N–H and O–H groups in total. The molecule has 4 heterocycles. The molecule has 3 aliphatic heterocycles. The molecule has 1 aromatic heterocycles. The van der Waals surface area contributed by atoms with Gasteiger partial charge in [-0.2, -0.15) is 0 Å². The zero-order valence-electron chi connectivity index (χ0n) is 28.0. The molecule has 0 saturated carbocycles. The van der Waals surface area contributed by atoms with Crippen molar-refractivity contribution in [3.05, 3.63) is 73.8 Å². The van der Waals surface area contributed by atoms with E-state index in [4.69, 9.17) is 9.47 Å². The molecule has 12 heteroatoms. The molecule has 3 unspecified atom stereocenters. The molecule has 0 aliphatic carbocycles. The van der Waals surface area contributed by atoms with Crippen LogP contribution in [0.4, 0.5) is 5.69 Å². The fourth-order valence-electron chi connectivity index (χ4n) is 8.13.